The van der Waals surface area contributed by atoms with Crippen molar-refractivity contribution in [3.8, 4) is 0 Å². The number of aryl methyl sites for hydroxylation is 2. The lowest BCUT2D eigenvalue weighted by Crippen LogP contribution is -2.60. The Morgan fingerprint density at radius 1 is 1.18 bits per heavy atom. The molecule has 150 valence electrons. The number of carbonyl (C=O) groups is 1. The molecule has 0 unspecified atom stereocenters. The minimum absolute atomic E-state index is 0.0442. The maximum absolute atomic E-state index is 13.2. The van der Waals surface area contributed by atoms with Crippen molar-refractivity contribution in [3.63, 3.8) is 0 Å². The summed E-state index contributed by atoms with van der Waals surface area (Å²) in [4.78, 5) is 13.2. The van der Waals surface area contributed by atoms with E-state index in [0.717, 1.165) is 54.0 Å². The van der Waals surface area contributed by atoms with Crippen molar-refractivity contribution in [2.24, 2.45) is 17.8 Å². The van der Waals surface area contributed by atoms with E-state index in [-0.39, 0.29) is 11.4 Å². The summed E-state index contributed by atoms with van der Waals surface area (Å²) in [6.45, 7) is 6.09. The first-order valence-corrected chi connectivity index (χ1v) is 10.7. The number of aromatic nitrogens is 3. The summed E-state index contributed by atoms with van der Waals surface area (Å²) < 4.78 is 7.22. The Labute approximate surface area is 170 Å². The maximum Gasteiger partial charge on any atom is 0.274 e. The molecule has 0 spiro atoms. The molecule has 4 bridgehead atoms. The third-order valence-corrected chi connectivity index (χ3v) is 7.76. The largest absolute Gasteiger partial charge is 0.361 e. The third-order valence-electron chi connectivity index (χ3n) is 7.22. The first kappa shape index (κ1) is 18.2. The fourth-order valence-electron chi connectivity index (χ4n) is 6.30. The predicted molar refractivity (Wildman–Crippen MR) is 105 cm³/mol. The minimum Gasteiger partial charge on any atom is -0.361 e. The number of carbonyl (C=O) groups excluding carboxylic acids is 1. The zero-order chi connectivity index (χ0) is 19.6. The second-order valence-electron chi connectivity index (χ2n) is 9.36. The van der Waals surface area contributed by atoms with Gasteiger partial charge in [0.1, 0.15) is 5.76 Å². The number of halogens is 1. The number of hydrogen-bond donors (Lipinski definition) is 1. The van der Waals surface area contributed by atoms with Crippen LogP contribution in [0.15, 0.2) is 4.52 Å². The lowest BCUT2D eigenvalue weighted by Gasteiger charge is -2.56. The smallest absolute Gasteiger partial charge is 0.274 e. The van der Waals surface area contributed by atoms with E-state index < -0.39 is 0 Å². The summed E-state index contributed by atoms with van der Waals surface area (Å²) in [5.41, 5.74) is 2.79. The highest BCUT2D eigenvalue weighted by Crippen LogP contribution is 2.55. The summed E-state index contributed by atoms with van der Waals surface area (Å²) in [6.07, 6.45) is 7.39. The number of amides is 1. The van der Waals surface area contributed by atoms with Gasteiger partial charge in [0, 0.05) is 11.1 Å². The summed E-state index contributed by atoms with van der Waals surface area (Å²) >= 11 is 6.28. The van der Waals surface area contributed by atoms with Crippen LogP contribution < -0.4 is 5.32 Å². The topological polar surface area (TPSA) is 73.0 Å². The molecule has 0 aromatic carbocycles. The van der Waals surface area contributed by atoms with Crippen LogP contribution in [0.25, 0.3) is 0 Å². The van der Waals surface area contributed by atoms with Gasteiger partial charge in [-0.2, -0.15) is 5.10 Å². The van der Waals surface area contributed by atoms with E-state index in [9.17, 15) is 4.79 Å². The molecule has 6 nitrogen and oxygen atoms in total. The fraction of sp³-hybridized carbons (Fsp3) is 0.667. The Hall–Kier alpha value is -1.82. The lowest BCUT2D eigenvalue weighted by molar-refractivity contribution is -0.0168. The van der Waals surface area contributed by atoms with Crippen LogP contribution in [0.5, 0.6) is 0 Å². The van der Waals surface area contributed by atoms with E-state index in [0.29, 0.717) is 23.0 Å². The molecule has 0 radical (unpaired) electrons. The molecule has 4 saturated carbocycles. The van der Waals surface area contributed by atoms with Crippen molar-refractivity contribution in [1.82, 2.24) is 20.3 Å². The molecule has 28 heavy (non-hydrogen) atoms. The molecule has 1 N–H and O–H groups in total. The van der Waals surface area contributed by atoms with Crippen LogP contribution in [0.1, 0.15) is 71.7 Å². The van der Waals surface area contributed by atoms with Gasteiger partial charge in [-0.3, -0.25) is 9.48 Å². The fourth-order valence-corrected chi connectivity index (χ4v) is 6.43. The SMILES string of the molecule is Cc1nn(Cc2c(C(=O)NC34CC5CC(CC(C5)C3)C4)noc2C)c(C)c1Cl. The van der Waals surface area contributed by atoms with Gasteiger partial charge in [0.25, 0.3) is 5.91 Å². The van der Waals surface area contributed by atoms with E-state index >= 15 is 0 Å². The number of rotatable bonds is 4. The van der Waals surface area contributed by atoms with Crippen molar-refractivity contribution < 1.29 is 9.32 Å². The van der Waals surface area contributed by atoms with Gasteiger partial charge in [-0.25, -0.2) is 0 Å². The highest BCUT2D eigenvalue weighted by atomic mass is 35.5. The monoisotopic (exact) mass is 402 g/mol. The molecule has 2 heterocycles. The van der Waals surface area contributed by atoms with Gasteiger partial charge in [-0.1, -0.05) is 16.8 Å². The second-order valence-corrected chi connectivity index (χ2v) is 9.74. The van der Waals surface area contributed by atoms with Gasteiger partial charge in [-0.05, 0) is 77.0 Å². The molecule has 4 aliphatic carbocycles. The molecule has 2 aromatic rings. The maximum atomic E-state index is 13.2. The molecule has 4 aliphatic rings. The lowest BCUT2D eigenvalue weighted by atomic mass is 9.53. The van der Waals surface area contributed by atoms with Gasteiger partial charge in [0.2, 0.25) is 0 Å². The Kier molecular flexibility index (Phi) is 4.13. The van der Waals surface area contributed by atoms with Crippen molar-refractivity contribution in [3.05, 3.63) is 33.4 Å². The second kappa shape index (κ2) is 6.34. The molecular formula is C21H27ClN4O2. The molecule has 0 aliphatic heterocycles. The van der Waals surface area contributed by atoms with E-state index in [4.69, 9.17) is 16.1 Å². The molecular weight excluding hydrogens is 376 g/mol. The van der Waals surface area contributed by atoms with Crippen LogP contribution in [-0.2, 0) is 6.54 Å². The van der Waals surface area contributed by atoms with E-state index in [1.165, 1.54) is 19.3 Å². The molecule has 2 aromatic heterocycles. The van der Waals surface area contributed by atoms with Crippen LogP contribution in [0.3, 0.4) is 0 Å². The number of hydrogen-bond acceptors (Lipinski definition) is 4. The van der Waals surface area contributed by atoms with Crippen molar-refractivity contribution in [1.29, 1.82) is 0 Å². The summed E-state index contributed by atoms with van der Waals surface area (Å²) in [7, 11) is 0. The first-order chi connectivity index (χ1) is 13.3. The van der Waals surface area contributed by atoms with Gasteiger partial charge in [-0.15, -0.1) is 0 Å². The Bertz CT molecular complexity index is 909. The van der Waals surface area contributed by atoms with E-state index in [1.807, 2.05) is 25.5 Å². The Balaban J connectivity index is 1.40. The van der Waals surface area contributed by atoms with Crippen molar-refractivity contribution >= 4 is 17.5 Å². The normalized spacial score (nSPS) is 30.8. The van der Waals surface area contributed by atoms with Crippen molar-refractivity contribution in [2.45, 2.75) is 71.4 Å². The van der Waals surface area contributed by atoms with E-state index in [1.54, 1.807) is 0 Å². The highest BCUT2D eigenvalue weighted by Gasteiger charge is 2.51. The highest BCUT2D eigenvalue weighted by molar-refractivity contribution is 6.31. The van der Waals surface area contributed by atoms with Crippen LogP contribution in [0, 0.1) is 38.5 Å². The molecule has 0 saturated heterocycles. The average Bonchev–Trinajstić information content (AvgIpc) is 3.09. The van der Waals surface area contributed by atoms with Crippen LogP contribution >= 0.6 is 11.6 Å². The zero-order valence-corrected chi connectivity index (χ0v) is 17.5. The van der Waals surface area contributed by atoms with E-state index in [2.05, 4.69) is 15.6 Å². The van der Waals surface area contributed by atoms with Crippen LogP contribution in [0.2, 0.25) is 5.02 Å². The molecule has 1 amide bonds. The summed E-state index contributed by atoms with van der Waals surface area (Å²) in [6, 6.07) is 0. The molecule has 6 rings (SSSR count). The summed E-state index contributed by atoms with van der Waals surface area (Å²) in [5.74, 6) is 2.88. The third kappa shape index (κ3) is 2.88. The predicted octanol–water partition coefficient (Wildman–Crippen LogP) is 4.20. The first-order valence-electron chi connectivity index (χ1n) is 10.3. The van der Waals surface area contributed by atoms with Gasteiger partial charge < -0.3 is 9.84 Å². The minimum atomic E-state index is -0.110. The molecule has 7 heteroatoms. The van der Waals surface area contributed by atoms with Crippen LogP contribution in [0.4, 0.5) is 0 Å². The van der Waals surface area contributed by atoms with Crippen molar-refractivity contribution in [2.75, 3.05) is 0 Å². The zero-order valence-electron chi connectivity index (χ0n) is 16.7. The number of nitrogens with zero attached hydrogens (tertiary/aromatic N) is 3. The molecule has 4 fully saturated rings. The number of nitrogens with one attached hydrogen (secondary N) is 1. The van der Waals surface area contributed by atoms with Gasteiger partial charge >= 0.3 is 0 Å². The average molecular weight is 403 g/mol. The quantitative estimate of drug-likeness (QED) is 0.831. The Morgan fingerprint density at radius 2 is 1.79 bits per heavy atom. The van der Waals surface area contributed by atoms with Gasteiger partial charge in [0.15, 0.2) is 5.69 Å². The van der Waals surface area contributed by atoms with Crippen LogP contribution in [-0.4, -0.2) is 26.4 Å². The Morgan fingerprint density at radius 3 is 2.32 bits per heavy atom. The molecule has 0 atom stereocenters. The van der Waals surface area contributed by atoms with Gasteiger partial charge in [0.05, 0.1) is 23.0 Å². The standard InChI is InChI=1S/C21H27ClN4O2/c1-11-18(22)12(2)26(24-11)10-17-13(3)28-25-19(17)20(27)23-21-7-14-4-15(8-21)6-16(5-14)9-21/h14-16H,4-10H2,1-3H3,(H,23,27). The summed E-state index contributed by atoms with van der Waals surface area (Å²) in [5, 5.41) is 12.7.